The Morgan fingerprint density at radius 2 is 1.66 bits per heavy atom. The Kier molecular flexibility index (Phi) is 4.14. The van der Waals surface area contributed by atoms with Crippen LogP contribution in [0.2, 0.25) is 0 Å². The highest BCUT2D eigenvalue weighted by atomic mass is 32.1. The number of nitrogens with two attached hydrogens (primary N) is 1. The number of allylic oxidation sites excluding steroid dienone is 2. The minimum absolute atomic E-state index is 0.0258. The van der Waals surface area contributed by atoms with Crippen molar-refractivity contribution in [1.82, 2.24) is 4.98 Å². The highest BCUT2D eigenvalue weighted by Gasteiger charge is 2.23. The van der Waals surface area contributed by atoms with E-state index in [-0.39, 0.29) is 11.6 Å². The number of carbonyl (C=O) groups is 1. The molecule has 6 heteroatoms. The number of aromatic nitrogens is 1. The summed E-state index contributed by atoms with van der Waals surface area (Å²) in [5.74, 6) is 0.876. The molecule has 0 spiro atoms. The van der Waals surface area contributed by atoms with Gasteiger partial charge in [-0.15, -0.1) is 0 Å². The molecule has 1 aliphatic rings. The summed E-state index contributed by atoms with van der Waals surface area (Å²) in [4.78, 5) is 17.1. The summed E-state index contributed by atoms with van der Waals surface area (Å²) in [5, 5.41) is 0.465. The van der Waals surface area contributed by atoms with Gasteiger partial charge in [0.25, 0.3) is 0 Å². The zero-order valence-electron chi connectivity index (χ0n) is 15.2. The van der Waals surface area contributed by atoms with Gasteiger partial charge < -0.3 is 10.5 Å². The van der Waals surface area contributed by atoms with E-state index in [4.69, 9.17) is 10.5 Å². The molecule has 0 saturated heterocycles. The lowest BCUT2D eigenvalue weighted by atomic mass is 9.87. The van der Waals surface area contributed by atoms with Gasteiger partial charge in [-0.05, 0) is 71.7 Å². The van der Waals surface area contributed by atoms with Crippen LogP contribution in [0, 0.1) is 5.82 Å². The van der Waals surface area contributed by atoms with Gasteiger partial charge in [0.2, 0.25) is 0 Å². The first-order valence-electron chi connectivity index (χ1n) is 9.03. The van der Waals surface area contributed by atoms with Gasteiger partial charge in [-0.3, -0.25) is 4.79 Å². The summed E-state index contributed by atoms with van der Waals surface area (Å²) in [6, 6.07) is 17.3. The fraction of sp³-hybridized carbons (Fsp3) is 0.0435. The van der Waals surface area contributed by atoms with E-state index in [1.165, 1.54) is 23.5 Å². The average Bonchev–Trinajstić information content (AvgIpc) is 3.10. The first-order chi connectivity index (χ1) is 14.1. The number of benzene rings is 3. The predicted octanol–water partition coefficient (Wildman–Crippen LogP) is 5.63. The fourth-order valence-corrected chi connectivity index (χ4v) is 4.42. The average molecular weight is 402 g/mol. The molecule has 4 aromatic rings. The Morgan fingerprint density at radius 1 is 0.966 bits per heavy atom. The van der Waals surface area contributed by atoms with Crippen LogP contribution in [0.15, 0.2) is 66.7 Å². The summed E-state index contributed by atoms with van der Waals surface area (Å²) in [5.41, 5.74) is 10.2. The molecule has 1 heterocycles. The molecule has 0 unspecified atom stereocenters. The van der Waals surface area contributed by atoms with Crippen molar-refractivity contribution >= 4 is 38.0 Å². The Labute approximate surface area is 170 Å². The molecule has 2 N–H and O–H groups in total. The molecule has 5 rings (SSSR count). The topological polar surface area (TPSA) is 65.2 Å². The van der Waals surface area contributed by atoms with E-state index < -0.39 is 0 Å². The maximum Gasteiger partial charge on any atom is 0.187 e. The third-order valence-electron chi connectivity index (χ3n) is 4.87. The number of anilines is 1. The molecule has 0 amide bonds. The number of ether oxygens (including phenoxy) is 1. The van der Waals surface area contributed by atoms with E-state index in [9.17, 15) is 9.18 Å². The van der Waals surface area contributed by atoms with Crippen molar-refractivity contribution in [3.63, 3.8) is 0 Å². The number of rotatable bonds is 3. The van der Waals surface area contributed by atoms with Crippen LogP contribution in [0.4, 0.5) is 9.52 Å². The van der Waals surface area contributed by atoms with Crippen LogP contribution < -0.4 is 10.5 Å². The maximum atomic E-state index is 13.0. The molecule has 0 saturated carbocycles. The van der Waals surface area contributed by atoms with E-state index in [1.807, 2.05) is 36.4 Å². The quantitative estimate of drug-likeness (QED) is 0.482. The normalized spacial score (nSPS) is 13.3. The van der Waals surface area contributed by atoms with Gasteiger partial charge >= 0.3 is 0 Å². The number of ketones is 1. The van der Waals surface area contributed by atoms with E-state index >= 15 is 0 Å². The minimum Gasteiger partial charge on any atom is -0.457 e. The zero-order chi connectivity index (χ0) is 20.0. The Hall–Kier alpha value is -3.51. The summed E-state index contributed by atoms with van der Waals surface area (Å²) in [6.45, 7) is 0. The van der Waals surface area contributed by atoms with Gasteiger partial charge in [-0.1, -0.05) is 29.5 Å². The molecule has 0 fully saturated rings. The van der Waals surface area contributed by atoms with Crippen molar-refractivity contribution in [2.24, 2.45) is 0 Å². The molecule has 1 aromatic heterocycles. The second kappa shape index (κ2) is 6.83. The number of fused-ring (bicyclic) bond motifs is 3. The van der Waals surface area contributed by atoms with Gasteiger partial charge in [-0.25, -0.2) is 9.37 Å². The summed E-state index contributed by atoms with van der Waals surface area (Å²) < 4.78 is 19.6. The molecule has 0 aliphatic heterocycles. The van der Waals surface area contributed by atoms with Crippen LogP contribution in [-0.4, -0.2) is 10.8 Å². The van der Waals surface area contributed by atoms with Crippen molar-refractivity contribution in [1.29, 1.82) is 0 Å². The first kappa shape index (κ1) is 17.6. The minimum atomic E-state index is -0.305. The number of hydrogen-bond acceptors (Lipinski definition) is 5. The molecule has 0 radical (unpaired) electrons. The van der Waals surface area contributed by atoms with Gasteiger partial charge in [-0.2, -0.15) is 0 Å². The second-order valence-electron chi connectivity index (χ2n) is 6.79. The van der Waals surface area contributed by atoms with E-state index in [2.05, 4.69) is 4.98 Å². The fourth-order valence-electron chi connectivity index (χ4n) is 3.52. The monoisotopic (exact) mass is 402 g/mol. The van der Waals surface area contributed by atoms with Crippen LogP contribution in [0.5, 0.6) is 11.5 Å². The maximum absolute atomic E-state index is 13.0. The summed E-state index contributed by atoms with van der Waals surface area (Å²) in [7, 11) is 0. The van der Waals surface area contributed by atoms with Crippen LogP contribution >= 0.6 is 11.3 Å². The number of carbonyl (C=O) groups excluding carboxylic acids is 1. The third-order valence-corrected chi connectivity index (χ3v) is 5.79. The third kappa shape index (κ3) is 3.28. The molecular formula is C23H15FN2O2S. The molecule has 1 aliphatic carbocycles. The summed E-state index contributed by atoms with van der Waals surface area (Å²) >= 11 is 1.35. The molecule has 142 valence electrons. The summed E-state index contributed by atoms with van der Waals surface area (Å²) in [6.07, 6.45) is 2.35. The highest BCUT2D eigenvalue weighted by molar-refractivity contribution is 7.22. The molecule has 0 atom stereocenters. The van der Waals surface area contributed by atoms with Crippen LogP contribution in [0.25, 0.3) is 15.8 Å². The molecule has 29 heavy (non-hydrogen) atoms. The van der Waals surface area contributed by atoms with E-state index in [0.29, 0.717) is 28.6 Å². The molecular weight excluding hydrogens is 387 g/mol. The lowest BCUT2D eigenvalue weighted by molar-refractivity contribution is 0.104. The highest BCUT2D eigenvalue weighted by Crippen LogP contribution is 2.36. The number of halogens is 1. The number of nitrogen functional groups attached to an aromatic ring is 1. The SMILES string of the molecule is Nc1nc2ccc3c(c2s1)C(=O)C=C(c1ccc(Oc2ccc(F)cc2)cc1)C3. The standard InChI is InChI=1S/C23H15FN2O2S/c24-16-4-8-18(9-5-16)28-17-6-1-13(2-7-17)15-11-14-3-10-19-22(29-23(25)26-19)21(14)20(27)12-15/h1-10,12H,11H2,(H2,25,26). The lowest BCUT2D eigenvalue weighted by Crippen LogP contribution is -2.09. The van der Waals surface area contributed by atoms with Gasteiger partial charge in [0.05, 0.1) is 10.2 Å². The smallest absolute Gasteiger partial charge is 0.187 e. The second-order valence-corrected chi connectivity index (χ2v) is 7.82. The van der Waals surface area contributed by atoms with Crippen molar-refractivity contribution in [3.05, 3.63) is 89.2 Å². The van der Waals surface area contributed by atoms with E-state index in [1.54, 1.807) is 18.2 Å². The Morgan fingerprint density at radius 3 is 2.38 bits per heavy atom. The van der Waals surface area contributed by atoms with Crippen molar-refractivity contribution in [3.8, 4) is 11.5 Å². The van der Waals surface area contributed by atoms with Crippen LogP contribution in [-0.2, 0) is 6.42 Å². The van der Waals surface area contributed by atoms with Crippen molar-refractivity contribution < 1.29 is 13.9 Å². The van der Waals surface area contributed by atoms with E-state index in [0.717, 1.165) is 26.9 Å². The number of thiazole rings is 1. The van der Waals surface area contributed by atoms with Gasteiger partial charge in [0.1, 0.15) is 17.3 Å². The predicted molar refractivity (Wildman–Crippen MR) is 113 cm³/mol. The Balaban J connectivity index is 1.42. The van der Waals surface area contributed by atoms with Crippen molar-refractivity contribution in [2.75, 3.05) is 5.73 Å². The van der Waals surface area contributed by atoms with Gasteiger partial charge in [0.15, 0.2) is 10.9 Å². The molecule has 4 nitrogen and oxygen atoms in total. The molecule has 0 bridgehead atoms. The van der Waals surface area contributed by atoms with Gasteiger partial charge in [0, 0.05) is 5.56 Å². The number of hydrogen-bond donors (Lipinski definition) is 1. The molecule has 3 aromatic carbocycles. The Bertz CT molecular complexity index is 1270. The first-order valence-corrected chi connectivity index (χ1v) is 9.85. The lowest BCUT2D eigenvalue weighted by Gasteiger charge is -2.17. The largest absolute Gasteiger partial charge is 0.457 e. The van der Waals surface area contributed by atoms with Crippen molar-refractivity contribution in [2.45, 2.75) is 6.42 Å². The van der Waals surface area contributed by atoms with Crippen LogP contribution in [0.1, 0.15) is 21.5 Å². The van der Waals surface area contributed by atoms with Crippen LogP contribution in [0.3, 0.4) is 0 Å². The zero-order valence-corrected chi connectivity index (χ0v) is 16.0. The number of nitrogens with zero attached hydrogens (tertiary/aromatic N) is 1.